The van der Waals surface area contributed by atoms with Crippen LogP contribution in [0.25, 0.3) is 34.2 Å². The molecule has 0 spiro atoms. The maximum Gasteiger partial charge on any atom is 0.257 e. The Labute approximate surface area is 170 Å². The predicted molar refractivity (Wildman–Crippen MR) is 109 cm³/mol. The molecule has 3 aromatic heterocycles. The largest absolute Gasteiger partial charge is 0.461 e. The summed E-state index contributed by atoms with van der Waals surface area (Å²) < 4.78 is 16.7. The Hall–Kier alpha value is -3.58. The Morgan fingerprint density at radius 3 is 2.28 bits per heavy atom. The third-order valence-corrected chi connectivity index (χ3v) is 5.03. The van der Waals surface area contributed by atoms with Gasteiger partial charge >= 0.3 is 0 Å². The highest BCUT2D eigenvalue weighted by molar-refractivity contribution is 7.98. The highest BCUT2D eigenvalue weighted by Gasteiger charge is 2.18. The Bertz CT molecular complexity index is 1140. The first kappa shape index (κ1) is 17.5. The van der Waals surface area contributed by atoms with Gasteiger partial charge in [-0.25, -0.2) is 4.98 Å². The van der Waals surface area contributed by atoms with E-state index in [1.165, 1.54) is 11.8 Å². The second kappa shape index (κ2) is 7.81. The van der Waals surface area contributed by atoms with Crippen molar-refractivity contribution in [1.29, 1.82) is 0 Å². The molecule has 0 unspecified atom stereocenters. The Morgan fingerprint density at radius 2 is 1.55 bits per heavy atom. The fourth-order valence-corrected chi connectivity index (χ4v) is 3.54. The van der Waals surface area contributed by atoms with E-state index in [0.29, 0.717) is 28.5 Å². The number of nitrogens with zero attached hydrogens (tertiary/aromatic N) is 3. The third kappa shape index (κ3) is 3.72. The first-order chi connectivity index (χ1) is 14.4. The second-order valence-corrected chi connectivity index (χ2v) is 7.09. The highest BCUT2D eigenvalue weighted by Crippen LogP contribution is 2.36. The number of benzene rings is 2. The van der Waals surface area contributed by atoms with Crippen LogP contribution in [0.3, 0.4) is 0 Å². The number of oxazole rings is 1. The van der Waals surface area contributed by atoms with E-state index in [-0.39, 0.29) is 0 Å². The lowest BCUT2D eigenvalue weighted by Crippen LogP contribution is -1.83. The molecule has 0 fully saturated rings. The van der Waals surface area contributed by atoms with E-state index in [0.717, 1.165) is 22.6 Å². The van der Waals surface area contributed by atoms with Gasteiger partial charge < -0.3 is 13.4 Å². The van der Waals surface area contributed by atoms with Crippen molar-refractivity contribution in [3.63, 3.8) is 0 Å². The molecule has 7 heteroatoms. The van der Waals surface area contributed by atoms with Crippen molar-refractivity contribution in [2.45, 2.75) is 11.0 Å². The summed E-state index contributed by atoms with van der Waals surface area (Å²) in [4.78, 5) is 9.07. The third-order valence-electron chi connectivity index (χ3n) is 4.22. The van der Waals surface area contributed by atoms with Crippen LogP contribution in [-0.4, -0.2) is 15.1 Å². The van der Waals surface area contributed by atoms with Crippen molar-refractivity contribution in [3.05, 3.63) is 85.0 Å². The van der Waals surface area contributed by atoms with Gasteiger partial charge in [-0.2, -0.15) is 4.98 Å². The molecular weight excluding hydrogens is 386 g/mol. The van der Waals surface area contributed by atoms with E-state index in [2.05, 4.69) is 10.1 Å². The maximum atomic E-state index is 6.10. The van der Waals surface area contributed by atoms with Crippen molar-refractivity contribution in [1.82, 2.24) is 15.1 Å². The van der Waals surface area contributed by atoms with E-state index in [1.807, 2.05) is 60.7 Å². The Balaban J connectivity index is 1.41. The normalized spacial score (nSPS) is 11.0. The van der Waals surface area contributed by atoms with Gasteiger partial charge in [-0.1, -0.05) is 77.6 Å². The molecule has 0 bridgehead atoms. The SMILES string of the molecule is c1ccc(-c2nc(SCc3nc(-c4ccco4)no3)oc2-c2ccccc2)cc1. The predicted octanol–water partition coefficient (Wildman–Crippen LogP) is 5.94. The minimum absolute atomic E-state index is 0.424. The van der Waals surface area contributed by atoms with Gasteiger partial charge in [0.25, 0.3) is 5.22 Å². The molecular formula is C22H15N3O3S. The average Bonchev–Trinajstić information content (AvgIpc) is 3.54. The summed E-state index contributed by atoms with van der Waals surface area (Å²) in [7, 11) is 0. The lowest BCUT2D eigenvalue weighted by Gasteiger charge is -2.00. The number of hydrogen-bond donors (Lipinski definition) is 0. The van der Waals surface area contributed by atoms with E-state index >= 15 is 0 Å². The van der Waals surface area contributed by atoms with Crippen molar-refractivity contribution < 1.29 is 13.4 Å². The fourth-order valence-electron chi connectivity index (χ4n) is 2.88. The average molecular weight is 401 g/mol. The highest BCUT2D eigenvalue weighted by atomic mass is 32.2. The first-order valence-electron chi connectivity index (χ1n) is 8.98. The van der Waals surface area contributed by atoms with Gasteiger partial charge in [0.15, 0.2) is 11.5 Å². The molecule has 0 aliphatic carbocycles. The summed E-state index contributed by atoms with van der Waals surface area (Å²) in [5.74, 6) is 2.64. The van der Waals surface area contributed by atoms with Gasteiger partial charge in [0.2, 0.25) is 11.7 Å². The van der Waals surface area contributed by atoms with Gasteiger partial charge in [-0.3, -0.25) is 0 Å². The molecule has 0 aliphatic heterocycles. The number of hydrogen-bond acceptors (Lipinski definition) is 7. The first-order valence-corrected chi connectivity index (χ1v) is 9.96. The molecule has 29 heavy (non-hydrogen) atoms. The van der Waals surface area contributed by atoms with Crippen LogP contribution < -0.4 is 0 Å². The van der Waals surface area contributed by atoms with Crippen LogP contribution in [0.5, 0.6) is 0 Å². The van der Waals surface area contributed by atoms with Crippen molar-refractivity contribution in [2.24, 2.45) is 0 Å². The van der Waals surface area contributed by atoms with Crippen LogP contribution in [-0.2, 0) is 5.75 Å². The van der Waals surface area contributed by atoms with Crippen LogP contribution in [0, 0.1) is 0 Å². The molecule has 0 saturated carbocycles. The lowest BCUT2D eigenvalue weighted by atomic mass is 10.1. The molecule has 0 atom stereocenters. The zero-order valence-electron chi connectivity index (χ0n) is 15.2. The van der Waals surface area contributed by atoms with Gasteiger partial charge in [-0.15, -0.1) is 0 Å². The molecule has 0 radical (unpaired) electrons. The molecule has 3 heterocycles. The summed E-state index contributed by atoms with van der Waals surface area (Å²) in [5, 5.41) is 4.49. The number of thioether (sulfide) groups is 1. The molecule has 0 amide bonds. The summed E-state index contributed by atoms with van der Waals surface area (Å²) in [6.07, 6.45) is 1.57. The molecule has 5 rings (SSSR count). The molecule has 5 aromatic rings. The quantitative estimate of drug-likeness (QED) is 0.326. The Kier molecular flexibility index (Phi) is 4.72. The van der Waals surface area contributed by atoms with Crippen LogP contribution >= 0.6 is 11.8 Å². The second-order valence-electron chi connectivity index (χ2n) is 6.17. The van der Waals surface area contributed by atoms with Gasteiger partial charge in [0.05, 0.1) is 12.0 Å². The van der Waals surface area contributed by atoms with Crippen LogP contribution in [0.4, 0.5) is 0 Å². The Morgan fingerprint density at radius 1 is 0.793 bits per heavy atom. The van der Waals surface area contributed by atoms with E-state index < -0.39 is 0 Å². The van der Waals surface area contributed by atoms with Crippen molar-refractivity contribution in [3.8, 4) is 34.2 Å². The van der Waals surface area contributed by atoms with Gasteiger partial charge in [-0.05, 0) is 12.1 Å². The molecule has 0 saturated heterocycles. The van der Waals surface area contributed by atoms with Crippen LogP contribution in [0.1, 0.15) is 5.89 Å². The minimum atomic E-state index is 0.424. The molecule has 0 aliphatic rings. The van der Waals surface area contributed by atoms with Crippen molar-refractivity contribution >= 4 is 11.8 Å². The van der Waals surface area contributed by atoms with Crippen LogP contribution in [0.15, 0.2) is 97.6 Å². The molecule has 2 aromatic carbocycles. The van der Waals surface area contributed by atoms with Gasteiger partial charge in [0, 0.05) is 11.1 Å². The molecule has 142 valence electrons. The van der Waals surface area contributed by atoms with Gasteiger partial charge in [0.1, 0.15) is 5.69 Å². The molecule has 0 N–H and O–H groups in total. The summed E-state index contributed by atoms with van der Waals surface area (Å²) >= 11 is 1.40. The molecule has 6 nitrogen and oxygen atoms in total. The monoisotopic (exact) mass is 401 g/mol. The summed E-state index contributed by atoms with van der Waals surface area (Å²) in [6, 6.07) is 23.5. The van der Waals surface area contributed by atoms with Crippen LogP contribution in [0.2, 0.25) is 0 Å². The fraction of sp³-hybridized carbons (Fsp3) is 0.0455. The number of aromatic nitrogens is 3. The topological polar surface area (TPSA) is 78.1 Å². The zero-order chi connectivity index (χ0) is 19.5. The summed E-state index contributed by atoms with van der Waals surface area (Å²) in [5.41, 5.74) is 2.78. The zero-order valence-corrected chi connectivity index (χ0v) is 16.0. The summed E-state index contributed by atoms with van der Waals surface area (Å²) in [6.45, 7) is 0. The van der Waals surface area contributed by atoms with Crippen molar-refractivity contribution in [2.75, 3.05) is 0 Å². The lowest BCUT2D eigenvalue weighted by molar-refractivity contribution is 0.389. The number of furan rings is 1. The standard InChI is InChI=1S/C22H15N3O3S/c1-3-8-15(9-4-1)19-20(16-10-5-2-6-11-16)27-22(24-19)29-14-18-23-21(25-28-18)17-12-7-13-26-17/h1-13H,14H2. The van der Waals surface area contributed by atoms with E-state index in [9.17, 15) is 0 Å². The van der Waals surface area contributed by atoms with E-state index in [4.69, 9.17) is 18.3 Å². The number of rotatable bonds is 6. The smallest absolute Gasteiger partial charge is 0.257 e. The van der Waals surface area contributed by atoms with E-state index in [1.54, 1.807) is 18.4 Å². The minimum Gasteiger partial charge on any atom is -0.461 e. The maximum absolute atomic E-state index is 6.10.